The van der Waals surface area contributed by atoms with Crippen LogP contribution in [0.5, 0.6) is 11.5 Å². The first-order valence-corrected chi connectivity index (χ1v) is 11.6. The van der Waals surface area contributed by atoms with Crippen molar-refractivity contribution in [1.82, 2.24) is 4.72 Å². The van der Waals surface area contributed by atoms with Gasteiger partial charge in [-0.15, -0.1) is 0 Å². The van der Waals surface area contributed by atoms with Gasteiger partial charge in [-0.3, -0.25) is 4.79 Å². The van der Waals surface area contributed by atoms with E-state index in [4.69, 9.17) is 32.4 Å². The van der Waals surface area contributed by atoms with E-state index in [0.717, 1.165) is 18.2 Å². The number of carbonyl (C=O) groups excluding carboxylic acids is 1. The summed E-state index contributed by atoms with van der Waals surface area (Å²) in [6.45, 7) is 0. The molecule has 1 heterocycles. The Morgan fingerprint density at radius 3 is 2.24 bits per heavy atom. The first kappa shape index (κ1) is 23.9. The maximum atomic E-state index is 12.7. The van der Waals surface area contributed by atoms with Crippen LogP contribution in [-0.2, 0) is 16.2 Å². The van der Waals surface area contributed by atoms with E-state index in [1.54, 1.807) is 6.07 Å². The number of fused-ring (bicyclic) bond motifs is 1. The van der Waals surface area contributed by atoms with Gasteiger partial charge in [-0.05, 0) is 60.7 Å². The van der Waals surface area contributed by atoms with E-state index in [1.807, 2.05) is 4.72 Å². The number of rotatable bonds is 5. The zero-order valence-corrected chi connectivity index (χ0v) is 19.0. The van der Waals surface area contributed by atoms with Gasteiger partial charge in [0, 0.05) is 16.5 Å². The summed E-state index contributed by atoms with van der Waals surface area (Å²) in [5, 5.41) is 0.524. The molecule has 3 aromatic carbocycles. The van der Waals surface area contributed by atoms with Crippen LogP contribution >= 0.6 is 23.2 Å². The summed E-state index contributed by atoms with van der Waals surface area (Å²) in [6, 6.07) is 13.6. The van der Waals surface area contributed by atoms with E-state index >= 15 is 0 Å². The molecule has 0 atom stereocenters. The largest absolute Gasteiger partial charge is 0.457 e. The molecular formula is C22H12Cl2F3NO5S. The minimum atomic E-state index is -4.46. The predicted octanol–water partition coefficient (Wildman–Crippen LogP) is 6.67. The fourth-order valence-corrected chi connectivity index (χ4v) is 4.69. The number of halogens is 5. The molecule has 0 saturated heterocycles. The van der Waals surface area contributed by atoms with Crippen LogP contribution in [0.2, 0.25) is 10.0 Å². The Morgan fingerprint density at radius 2 is 1.59 bits per heavy atom. The molecule has 0 spiro atoms. The fourth-order valence-electron chi connectivity index (χ4n) is 2.96. The monoisotopic (exact) mass is 529 g/mol. The third-order valence-electron chi connectivity index (χ3n) is 4.54. The number of ether oxygens (including phenoxy) is 1. The molecule has 0 unspecified atom stereocenters. The summed E-state index contributed by atoms with van der Waals surface area (Å²) < 4.78 is 75.9. The summed E-state index contributed by atoms with van der Waals surface area (Å²) in [7, 11) is -4.31. The van der Waals surface area contributed by atoms with Crippen molar-refractivity contribution in [2.45, 2.75) is 11.1 Å². The molecule has 0 aliphatic heterocycles. The number of carbonyl (C=O) groups is 1. The molecule has 0 aliphatic carbocycles. The molecule has 4 aromatic rings. The number of furan rings is 1. The van der Waals surface area contributed by atoms with Crippen LogP contribution in [0.25, 0.3) is 11.0 Å². The molecule has 0 bridgehead atoms. The van der Waals surface area contributed by atoms with Crippen LogP contribution in [-0.4, -0.2) is 14.3 Å². The third-order valence-corrected chi connectivity index (χ3v) is 6.59. The molecule has 1 N–H and O–H groups in total. The second kappa shape index (κ2) is 8.86. The molecule has 0 radical (unpaired) electrons. The predicted molar refractivity (Wildman–Crippen MR) is 119 cm³/mol. The summed E-state index contributed by atoms with van der Waals surface area (Å²) in [5.41, 5.74) is -0.622. The molecule has 0 saturated carbocycles. The molecule has 176 valence electrons. The van der Waals surface area contributed by atoms with Crippen LogP contribution in [0.4, 0.5) is 13.2 Å². The molecule has 1 amide bonds. The Bertz CT molecular complexity index is 1500. The minimum absolute atomic E-state index is 0.155. The second-order valence-corrected chi connectivity index (χ2v) is 9.44. The lowest BCUT2D eigenvalue weighted by Gasteiger charge is -2.09. The molecule has 12 heteroatoms. The van der Waals surface area contributed by atoms with Gasteiger partial charge >= 0.3 is 12.1 Å². The van der Waals surface area contributed by atoms with Crippen LogP contribution in [0.15, 0.2) is 76.0 Å². The summed E-state index contributed by atoms with van der Waals surface area (Å²) in [4.78, 5) is 12.2. The number of sulfonamides is 1. The Balaban J connectivity index is 1.53. The third kappa shape index (κ3) is 5.14. The Morgan fingerprint density at radius 1 is 0.912 bits per heavy atom. The van der Waals surface area contributed by atoms with Crippen LogP contribution in [0.1, 0.15) is 16.1 Å². The standard InChI is InChI=1S/C22H12Cl2F3NO5S/c23-14-4-8-20(17(24)10-14)34(30,31)28-21(29)19-9-12-1-5-16(11-18(12)33-19)32-15-6-2-13(3-7-15)22(25,26)27/h1-11H,(H,28,29). The van der Waals surface area contributed by atoms with Crippen molar-refractivity contribution in [2.24, 2.45) is 0 Å². The van der Waals surface area contributed by atoms with Gasteiger partial charge in [-0.2, -0.15) is 13.2 Å². The summed E-state index contributed by atoms with van der Waals surface area (Å²) in [6.07, 6.45) is -4.46. The number of hydrogen-bond donors (Lipinski definition) is 1. The Hall–Kier alpha value is -3.21. The molecule has 0 aliphatic rings. The molecule has 4 rings (SSSR count). The molecule has 34 heavy (non-hydrogen) atoms. The van der Waals surface area contributed by atoms with Crippen molar-refractivity contribution in [3.05, 3.63) is 88.1 Å². The van der Waals surface area contributed by atoms with Gasteiger partial charge in [0.25, 0.3) is 10.0 Å². The SMILES string of the molecule is O=C(NS(=O)(=O)c1ccc(Cl)cc1Cl)c1cc2ccc(Oc3ccc(C(F)(F)F)cc3)cc2o1. The van der Waals surface area contributed by atoms with Crippen molar-refractivity contribution in [2.75, 3.05) is 0 Å². The van der Waals surface area contributed by atoms with Crippen molar-refractivity contribution in [1.29, 1.82) is 0 Å². The highest BCUT2D eigenvalue weighted by Crippen LogP contribution is 2.32. The highest BCUT2D eigenvalue weighted by atomic mass is 35.5. The first-order chi connectivity index (χ1) is 15.9. The molecule has 0 fully saturated rings. The number of amides is 1. The van der Waals surface area contributed by atoms with Gasteiger partial charge in [-0.1, -0.05) is 23.2 Å². The average Bonchev–Trinajstić information content (AvgIpc) is 3.16. The van der Waals surface area contributed by atoms with Gasteiger partial charge in [0.2, 0.25) is 0 Å². The van der Waals surface area contributed by atoms with E-state index in [2.05, 4.69) is 0 Å². The maximum absolute atomic E-state index is 12.7. The van der Waals surface area contributed by atoms with Crippen LogP contribution in [0, 0.1) is 0 Å². The lowest BCUT2D eigenvalue weighted by atomic mass is 10.2. The van der Waals surface area contributed by atoms with Gasteiger partial charge < -0.3 is 9.15 Å². The zero-order chi connectivity index (χ0) is 24.7. The summed E-state index contributed by atoms with van der Waals surface area (Å²) >= 11 is 11.7. The zero-order valence-electron chi connectivity index (χ0n) is 16.7. The first-order valence-electron chi connectivity index (χ1n) is 9.33. The number of nitrogens with one attached hydrogen (secondary N) is 1. The van der Waals surface area contributed by atoms with E-state index in [-0.39, 0.29) is 37.8 Å². The van der Waals surface area contributed by atoms with E-state index in [0.29, 0.717) is 5.39 Å². The lowest BCUT2D eigenvalue weighted by Crippen LogP contribution is -2.30. The van der Waals surface area contributed by atoms with Crippen molar-refractivity contribution in [3.8, 4) is 11.5 Å². The average molecular weight is 530 g/mol. The van der Waals surface area contributed by atoms with E-state index in [9.17, 15) is 26.4 Å². The normalized spacial score (nSPS) is 12.0. The topological polar surface area (TPSA) is 85.6 Å². The smallest absolute Gasteiger partial charge is 0.416 e. The van der Waals surface area contributed by atoms with E-state index < -0.39 is 27.7 Å². The van der Waals surface area contributed by atoms with Crippen LogP contribution in [0.3, 0.4) is 0 Å². The maximum Gasteiger partial charge on any atom is 0.416 e. The molecule has 6 nitrogen and oxygen atoms in total. The molecular weight excluding hydrogens is 518 g/mol. The number of benzene rings is 3. The minimum Gasteiger partial charge on any atom is -0.457 e. The highest BCUT2D eigenvalue weighted by Gasteiger charge is 2.30. The van der Waals surface area contributed by atoms with Crippen molar-refractivity contribution in [3.63, 3.8) is 0 Å². The molecule has 1 aromatic heterocycles. The number of alkyl halides is 3. The van der Waals surface area contributed by atoms with Gasteiger partial charge in [-0.25, -0.2) is 13.1 Å². The van der Waals surface area contributed by atoms with Crippen molar-refractivity contribution >= 4 is 50.1 Å². The Kier molecular flexibility index (Phi) is 6.24. The quantitative estimate of drug-likeness (QED) is 0.312. The second-order valence-electron chi connectivity index (χ2n) is 6.94. The van der Waals surface area contributed by atoms with Crippen LogP contribution < -0.4 is 9.46 Å². The van der Waals surface area contributed by atoms with E-state index in [1.165, 1.54) is 42.5 Å². The van der Waals surface area contributed by atoms with Gasteiger partial charge in [0.15, 0.2) is 5.76 Å². The Labute approximate surface area is 200 Å². The highest BCUT2D eigenvalue weighted by molar-refractivity contribution is 7.90. The lowest BCUT2D eigenvalue weighted by molar-refractivity contribution is -0.137. The fraction of sp³-hybridized carbons (Fsp3) is 0.0455. The number of hydrogen-bond acceptors (Lipinski definition) is 5. The van der Waals surface area contributed by atoms with Gasteiger partial charge in [0.1, 0.15) is 22.0 Å². The van der Waals surface area contributed by atoms with Gasteiger partial charge in [0.05, 0.1) is 10.6 Å². The summed E-state index contributed by atoms with van der Waals surface area (Å²) in [5.74, 6) is -0.945. The van der Waals surface area contributed by atoms with Crippen molar-refractivity contribution < 1.29 is 35.5 Å².